The molecular weight excluding hydrogens is 494 g/mol. The highest BCUT2D eigenvalue weighted by molar-refractivity contribution is 5.93. The highest BCUT2D eigenvalue weighted by atomic mass is 16.4. The second-order valence-corrected chi connectivity index (χ2v) is 10.2. The number of carbonyl (C=O) groups excluding carboxylic acids is 2. The molecule has 5 rings (SSSR count). The maximum absolute atomic E-state index is 12.6. The molecule has 2 fully saturated rings. The van der Waals surface area contributed by atoms with E-state index in [4.69, 9.17) is 4.42 Å². The van der Waals surface area contributed by atoms with Gasteiger partial charge in [0.2, 0.25) is 5.89 Å². The van der Waals surface area contributed by atoms with E-state index in [2.05, 4.69) is 37.2 Å². The number of fused-ring (bicyclic) bond motifs is 1. The van der Waals surface area contributed by atoms with E-state index in [1.807, 2.05) is 6.07 Å². The minimum Gasteiger partial charge on any atom is -0.480 e. The summed E-state index contributed by atoms with van der Waals surface area (Å²) in [5.41, 5.74) is 0.478. The SMILES string of the molecule is O=C(N[C@H](C(=O)O)C1(O)CCN(C(=O)NCCCc2ccc3c(n2)NCCC3)CC1)c1nnc(C2CC2)o1. The number of carboxylic acids is 1. The van der Waals surface area contributed by atoms with Gasteiger partial charge in [-0.15, -0.1) is 10.2 Å². The molecule has 3 aliphatic rings. The van der Waals surface area contributed by atoms with Crippen molar-refractivity contribution in [3.63, 3.8) is 0 Å². The highest BCUT2D eigenvalue weighted by Gasteiger charge is 2.46. The van der Waals surface area contributed by atoms with Crippen LogP contribution in [0.1, 0.15) is 72.3 Å². The summed E-state index contributed by atoms with van der Waals surface area (Å²) < 4.78 is 5.34. The lowest BCUT2D eigenvalue weighted by molar-refractivity contribution is -0.149. The van der Waals surface area contributed by atoms with Gasteiger partial charge in [0.05, 0.1) is 5.60 Å². The number of nitrogens with one attached hydrogen (secondary N) is 3. The third-order valence-electron chi connectivity index (χ3n) is 7.38. The smallest absolute Gasteiger partial charge is 0.329 e. The molecule has 13 heteroatoms. The minimum absolute atomic E-state index is 0.0130. The first-order valence-electron chi connectivity index (χ1n) is 13.2. The summed E-state index contributed by atoms with van der Waals surface area (Å²) >= 11 is 0. The van der Waals surface area contributed by atoms with Crippen molar-refractivity contribution < 1.29 is 29.0 Å². The summed E-state index contributed by atoms with van der Waals surface area (Å²) in [6.45, 7) is 1.69. The number of pyridine rings is 1. The van der Waals surface area contributed by atoms with Gasteiger partial charge in [-0.25, -0.2) is 14.6 Å². The third kappa shape index (κ3) is 5.87. The number of nitrogens with zero attached hydrogens (tertiary/aromatic N) is 4. The molecule has 1 saturated heterocycles. The summed E-state index contributed by atoms with van der Waals surface area (Å²) in [5.74, 6) is -1.11. The second-order valence-electron chi connectivity index (χ2n) is 10.2. The summed E-state index contributed by atoms with van der Waals surface area (Å²) in [6, 6.07) is 2.27. The van der Waals surface area contributed by atoms with Gasteiger partial charge in [0.15, 0.2) is 6.04 Å². The second kappa shape index (κ2) is 10.9. The van der Waals surface area contributed by atoms with Crippen LogP contribution < -0.4 is 16.0 Å². The van der Waals surface area contributed by atoms with Crippen LogP contribution in [-0.2, 0) is 17.6 Å². The number of amides is 3. The molecule has 0 unspecified atom stereocenters. The zero-order valence-corrected chi connectivity index (χ0v) is 21.1. The number of aliphatic hydroxyl groups is 1. The van der Waals surface area contributed by atoms with Gasteiger partial charge in [0.25, 0.3) is 0 Å². The molecule has 4 heterocycles. The number of piperidine rings is 1. The van der Waals surface area contributed by atoms with E-state index in [-0.39, 0.29) is 43.8 Å². The van der Waals surface area contributed by atoms with Crippen LogP contribution in [0.2, 0.25) is 0 Å². The Labute approximate surface area is 219 Å². The van der Waals surface area contributed by atoms with Crippen molar-refractivity contribution in [3.8, 4) is 0 Å². The lowest BCUT2D eigenvalue weighted by atomic mass is 9.84. The van der Waals surface area contributed by atoms with Gasteiger partial charge in [-0.2, -0.15) is 0 Å². The number of aromatic nitrogens is 3. The van der Waals surface area contributed by atoms with Gasteiger partial charge in [-0.1, -0.05) is 6.07 Å². The van der Waals surface area contributed by atoms with Crippen molar-refractivity contribution in [2.24, 2.45) is 0 Å². The number of likely N-dealkylation sites (tertiary alicyclic amines) is 1. The number of carbonyl (C=O) groups is 3. The first-order valence-corrected chi connectivity index (χ1v) is 13.2. The Hall–Kier alpha value is -3.74. The number of carboxylic acid groups (broad SMARTS) is 1. The fraction of sp³-hybridized carbons (Fsp3) is 0.600. The molecule has 2 aromatic heterocycles. The van der Waals surface area contributed by atoms with Gasteiger partial charge in [-0.3, -0.25) is 4.79 Å². The molecule has 38 heavy (non-hydrogen) atoms. The van der Waals surface area contributed by atoms with Crippen molar-refractivity contribution in [2.75, 3.05) is 31.5 Å². The van der Waals surface area contributed by atoms with E-state index in [1.54, 1.807) is 0 Å². The summed E-state index contributed by atoms with van der Waals surface area (Å²) in [5, 5.41) is 36.9. The van der Waals surface area contributed by atoms with Crippen LogP contribution in [0.4, 0.5) is 10.6 Å². The fourth-order valence-electron chi connectivity index (χ4n) is 4.91. The maximum Gasteiger partial charge on any atom is 0.329 e. The van der Waals surface area contributed by atoms with E-state index >= 15 is 0 Å². The standard InChI is InChI=1S/C25H33N7O6/c33-20(22-31-30-21(38-22)16-5-6-16)29-18(23(34)35)25(37)9-13-32(14-10-25)24(36)27-12-2-4-17-8-7-15-3-1-11-26-19(15)28-17/h7-8,16,18,37H,1-6,9-14H2,(H,26,28)(H,27,36)(H,29,33)(H,34,35)/t18-/m1/s1. The maximum atomic E-state index is 12.6. The van der Waals surface area contributed by atoms with Crippen LogP contribution in [-0.4, -0.2) is 86.0 Å². The predicted molar refractivity (Wildman–Crippen MR) is 134 cm³/mol. The number of hydrogen-bond acceptors (Lipinski definition) is 9. The third-order valence-corrected chi connectivity index (χ3v) is 7.38. The Bertz CT molecular complexity index is 1190. The van der Waals surface area contributed by atoms with Crippen LogP contribution in [0.5, 0.6) is 0 Å². The monoisotopic (exact) mass is 527 g/mol. The Morgan fingerprint density at radius 3 is 2.74 bits per heavy atom. The van der Waals surface area contributed by atoms with Gasteiger partial charge < -0.3 is 35.5 Å². The van der Waals surface area contributed by atoms with Crippen LogP contribution in [0.3, 0.4) is 0 Å². The summed E-state index contributed by atoms with van der Waals surface area (Å²) in [4.78, 5) is 43.3. The van der Waals surface area contributed by atoms with E-state index in [9.17, 15) is 24.6 Å². The first-order chi connectivity index (χ1) is 18.3. The van der Waals surface area contributed by atoms with Crippen LogP contribution in [0.15, 0.2) is 16.5 Å². The Kier molecular flexibility index (Phi) is 7.45. The Morgan fingerprint density at radius 2 is 2.00 bits per heavy atom. The molecule has 3 amide bonds. The molecule has 2 aliphatic heterocycles. The molecule has 1 atom stereocenters. The van der Waals surface area contributed by atoms with E-state index in [0.717, 1.165) is 56.6 Å². The molecular formula is C25H33N7O6. The number of urea groups is 1. The summed E-state index contributed by atoms with van der Waals surface area (Å²) in [7, 11) is 0. The molecule has 204 valence electrons. The summed E-state index contributed by atoms with van der Waals surface area (Å²) in [6.07, 6.45) is 5.40. The first kappa shape index (κ1) is 25.9. The average Bonchev–Trinajstić information content (AvgIpc) is 3.65. The quantitative estimate of drug-likeness (QED) is 0.296. The Morgan fingerprint density at radius 1 is 1.21 bits per heavy atom. The average molecular weight is 528 g/mol. The molecule has 2 aromatic rings. The largest absolute Gasteiger partial charge is 0.480 e. The van der Waals surface area contributed by atoms with Crippen molar-refractivity contribution in [1.82, 2.24) is 30.7 Å². The number of anilines is 1. The van der Waals surface area contributed by atoms with Gasteiger partial charge >= 0.3 is 23.8 Å². The lowest BCUT2D eigenvalue weighted by Gasteiger charge is -2.41. The number of aryl methyl sites for hydroxylation is 2. The van der Waals surface area contributed by atoms with E-state index in [1.165, 1.54) is 10.5 Å². The van der Waals surface area contributed by atoms with E-state index in [0.29, 0.717) is 12.4 Å². The van der Waals surface area contributed by atoms with Gasteiger partial charge in [-0.05, 0) is 63.0 Å². The zero-order chi connectivity index (χ0) is 26.7. The Balaban J connectivity index is 1.07. The van der Waals surface area contributed by atoms with Crippen molar-refractivity contribution in [1.29, 1.82) is 0 Å². The molecule has 13 nitrogen and oxygen atoms in total. The minimum atomic E-state index is -1.73. The normalized spacial score (nSPS) is 19.1. The molecule has 1 saturated carbocycles. The van der Waals surface area contributed by atoms with Gasteiger partial charge in [0, 0.05) is 37.8 Å². The molecule has 0 bridgehead atoms. The molecule has 5 N–H and O–H groups in total. The predicted octanol–water partition coefficient (Wildman–Crippen LogP) is 1.05. The highest BCUT2D eigenvalue weighted by Crippen LogP contribution is 2.39. The van der Waals surface area contributed by atoms with Gasteiger partial charge in [0.1, 0.15) is 5.82 Å². The fourth-order valence-corrected chi connectivity index (χ4v) is 4.91. The lowest BCUT2D eigenvalue weighted by Crippen LogP contribution is -2.62. The van der Waals surface area contributed by atoms with Crippen molar-refractivity contribution >= 4 is 23.7 Å². The molecule has 0 aromatic carbocycles. The van der Waals surface area contributed by atoms with Crippen LogP contribution >= 0.6 is 0 Å². The number of aliphatic carboxylic acids is 1. The number of hydrogen-bond donors (Lipinski definition) is 5. The van der Waals surface area contributed by atoms with Crippen LogP contribution in [0, 0.1) is 0 Å². The number of rotatable bonds is 9. The molecule has 0 radical (unpaired) electrons. The zero-order valence-electron chi connectivity index (χ0n) is 21.1. The van der Waals surface area contributed by atoms with Crippen molar-refractivity contribution in [2.45, 2.75) is 68.9 Å². The van der Waals surface area contributed by atoms with Crippen LogP contribution in [0.25, 0.3) is 0 Å². The van der Waals surface area contributed by atoms with Crippen molar-refractivity contribution in [3.05, 3.63) is 35.2 Å². The molecule has 1 aliphatic carbocycles. The van der Waals surface area contributed by atoms with E-state index < -0.39 is 23.5 Å². The molecule has 0 spiro atoms. The topological polar surface area (TPSA) is 183 Å².